The summed E-state index contributed by atoms with van der Waals surface area (Å²) in [5, 5.41) is 10.8. The van der Waals surface area contributed by atoms with Crippen LogP contribution in [0.5, 0.6) is 0 Å². The predicted octanol–water partition coefficient (Wildman–Crippen LogP) is 3.66. The third-order valence-corrected chi connectivity index (χ3v) is 4.74. The summed E-state index contributed by atoms with van der Waals surface area (Å²) in [5.74, 6) is 0. The highest BCUT2D eigenvalue weighted by molar-refractivity contribution is 8.00. The number of halogens is 1. The lowest BCUT2D eigenvalue weighted by Gasteiger charge is -2.22. The monoisotopic (exact) mass is 272 g/mol. The van der Waals surface area contributed by atoms with Gasteiger partial charge in [-0.05, 0) is 37.5 Å². The number of hydrogen-bond donors (Lipinski definition) is 1. The van der Waals surface area contributed by atoms with Crippen molar-refractivity contribution >= 4 is 23.4 Å². The summed E-state index contributed by atoms with van der Waals surface area (Å²) in [6.45, 7) is 3.44. The molecule has 0 aliphatic carbocycles. The minimum absolute atomic E-state index is 0.463. The van der Waals surface area contributed by atoms with Crippen molar-refractivity contribution < 1.29 is 9.84 Å². The van der Waals surface area contributed by atoms with E-state index in [1.807, 2.05) is 30.0 Å². The summed E-state index contributed by atoms with van der Waals surface area (Å²) in [7, 11) is 0. The number of thioether (sulfide) groups is 1. The van der Waals surface area contributed by atoms with Crippen molar-refractivity contribution in [2.45, 2.75) is 36.0 Å². The SMILES string of the molecule is C[C@@H](O)c1ccc(SC2CCOCC2)c(Cl)c1. The van der Waals surface area contributed by atoms with E-state index in [-0.39, 0.29) is 0 Å². The predicted molar refractivity (Wildman–Crippen MR) is 71.8 cm³/mol. The van der Waals surface area contributed by atoms with Crippen molar-refractivity contribution in [3.05, 3.63) is 28.8 Å². The van der Waals surface area contributed by atoms with Crippen molar-refractivity contribution in [1.29, 1.82) is 0 Å². The molecule has 1 heterocycles. The number of ether oxygens (including phenoxy) is 1. The summed E-state index contributed by atoms with van der Waals surface area (Å²) >= 11 is 8.05. The number of benzene rings is 1. The maximum absolute atomic E-state index is 9.48. The molecule has 17 heavy (non-hydrogen) atoms. The Labute approximate surface area is 111 Å². The summed E-state index contributed by atoms with van der Waals surface area (Å²) < 4.78 is 5.34. The first-order valence-electron chi connectivity index (χ1n) is 5.88. The number of rotatable bonds is 3. The molecule has 0 radical (unpaired) electrons. The van der Waals surface area contributed by atoms with E-state index in [1.54, 1.807) is 6.92 Å². The van der Waals surface area contributed by atoms with Crippen LogP contribution in [0.25, 0.3) is 0 Å². The van der Waals surface area contributed by atoms with E-state index >= 15 is 0 Å². The minimum atomic E-state index is -0.463. The molecule has 2 rings (SSSR count). The van der Waals surface area contributed by atoms with Gasteiger partial charge in [-0.25, -0.2) is 0 Å². The molecule has 2 nitrogen and oxygen atoms in total. The molecule has 0 spiro atoms. The van der Waals surface area contributed by atoms with Gasteiger partial charge in [-0.15, -0.1) is 11.8 Å². The van der Waals surface area contributed by atoms with E-state index in [0.717, 1.165) is 41.5 Å². The largest absolute Gasteiger partial charge is 0.389 e. The van der Waals surface area contributed by atoms with E-state index in [2.05, 4.69) is 0 Å². The Bertz CT molecular complexity index is 376. The van der Waals surface area contributed by atoms with Crippen LogP contribution < -0.4 is 0 Å². The number of aliphatic hydroxyl groups is 1. The van der Waals surface area contributed by atoms with Crippen LogP contribution in [0.2, 0.25) is 5.02 Å². The summed E-state index contributed by atoms with van der Waals surface area (Å²) in [6.07, 6.45) is 1.70. The molecule has 0 aromatic heterocycles. The van der Waals surface area contributed by atoms with Crippen LogP contribution in [-0.4, -0.2) is 23.6 Å². The average Bonchev–Trinajstić information content (AvgIpc) is 2.33. The molecule has 1 aliphatic rings. The Morgan fingerprint density at radius 1 is 1.41 bits per heavy atom. The molecule has 1 atom stereocenters. The van der Waals surface area contributed by atoms with Crippen LogP contribution in [0.3, 0.4) is 0 Å². The second-order valence-electron chi connectivity index (χ2n) is 4.30. The molecule has 0 unspecified atom stereocenters. The second-order valence-corrected chi connectivity index (χ2v) is 6.04. The van der Waals surface area contributed by atoms with Gasteiger partial charge in [0.15, 0.2) is 0 Å². The molecule has 1 N–H and O–H groups in total. The Balaban J connectivity index is 2.05. The van der Waals surface area contributed by atoms with Crippen molar-refractivity contribution in [3.63, 3.8) is 0 Å². The van der Waals surface area contributed by atoms with Crippen LogP contribution in [0, 0.1) is 0 Å². The summed E-state index contributed by atoms with van der Waals surface area (Å²) in [6, 6.07) is 5.80. The number of hydrogen-bond acceptors (Lipinski definition) is 3. The van der Waals surface area contributed by atoms with Gasteiger partial charge in [-0.3, -0.25) is 0 Å². The van der Waals surface area contributed by atoms with Gasteiger partial charge < -0.3 is 9.84 Å². The van der Waals surface area contributed by atoms with Gasteiger partial charge in [-0.1, -0.05) is 17.7 Å². The molecule has 1 aromatic carbocycles. The maximum atomic E-state index is 9.48. The molecule has 4 heteroatoms. The van der Waals surface area contributed by atoms with Crippen molar-refractivity contribution in [3.8, 4) is 0 Å². The molecule has 1 aliphatic heterocycles. The molecule has 1 saturated heterocycles. The van der Waals surface area contributed by atoms with E-state index in [9.17, 15) is 5.11 Å². The molecular weight excluding hydrogens is 256 g/mol. The van der Waals surface area contributed by atoms with Gasteiger partial charge in [-0.2, -0.15) is 0 Å². The van der Waals surface area contributed by atoms with Gasteiger partial charge in [0, 0.05) is 23.4 Å². The van der Waals surface area contributed by atoms with E-state index < -0.39 is 6.10 Å². The minimum Gasteiger partial charge on any atom is -0.389 e. The Morgan fingerprint density at radius 3 is 2.71 bits per heavy atom. The topological polar surface area (TPSA) is 29.5 Å². The Morgan fingerprint density at radius 2 is 2.12 bits per heavy atom. The van der Waals surface area contributed by atoms with Crippen molar-refractivity contribution in [1.82, 2.24) is 0 Å². The van der Waals surface area contributed by atoms with Gasteiger partial charge in [0.25, 0.3) is 0 Å². The number of aliphatic hydroxyl groups excluding tert-OH is 1. The fraction of sp³-hybridized carbons (Fsp3) is 0.538. The second kappa shape index (κ2) is 6.10. The standard InChI is InChI=1S/C13H17ClO2S/c1-9(15)10-2-3-13(12(14)8-10)17-11-4-6-16-7-5-11/h2-3,8-9,11,15H,4-7H2,1H3/t9-/m1/s1. The van der Waals surface area contributed by atoms with E-state index in [1.165, 1.54) is 0 Å². The fourth-order valence-corrected chi connectivity index (χ4v) is 3.27. The molecule has 1 aromatic rings. The van der Waals surface area contributed by atoms with E-state index in [4.69, 9.17) is 16.3 Å². The zero-order valence-electron chi connectivity index (χ0n) is 9.86. The first-order valence-corrected chi connectivity index (χ1v) is 7.14. The zero-order valence-corrected chi connectivity index (χ0v) is 11.4. The third kappa shape index (κ3) is 3.62. The van der Waals surface area contributed by atoms with Crippen LogP contribution >= 0.6 is 23.4 Å². The average molecular weight is 273 g/mol. The smallest absolute Gasteiger partial charge is 0.0762 e. The highest BCUT2D eigenvalue weighted by Gasteiger charge is 2.16. The first-order chi connectivity index (χ1) is 8.16. The molecule has 0 saturated carbocycles. The van der Waals surface area contributed by atoms with Gasteiger partial charge in [0.05, 0.1) is 11.1 Å². The van der Waals surface area contributed by atoms with Gasteiger partial charge in [0.2, 0.25) is 0 Å². The highest BCUT2D eigenvalue weighted by Crippen LogP contribution is 2.35. The van der Waals surface area contributed by atoms with Crippen molar-refractivity contribution in [2.75, 3.05) is 13.2 Å². The molecule has 94 valence electrons. The summed E-state index contributed by atoms with van der Waals surface area (Å²) in [4.78, 5) is 1.10. The first kappa shape index (κ1) is 13.2. The Kier molecular flexibility index (Phi) is 4.74. The fourth-order valence-electron chi connectivity index (χ4n) is 1.85. The highest BCUT2D eigenvalue weighted by atomic mass is 35.5. The van der Waals surface area contributed by atoms with Crippen LogP contribution in [-0.2, 0) is 4.74 Å². The van der Waals surface area contributed by atoms with Gasteiger partial charge >= 0.3 is 0 Å². The van der Waals surface area contributed by atoms with Crippen LogP contribution in [0.1, 0.15) is 31.4 Å². The lowest BCUT2D eigenvalue weighted by molar-refractivity contribution is 0.100. The quantitative estimate of drug-likeness (QED) is 0.911. The normalized spacial score (nSPS) is 19.2. The van der Waals surface area contributed by atoms with Gasteiger partial charge in [0.1, 0.15) is 0 Å². The van der Waals surface area contributed by atoms with Crippen LogP contribution in [0.15, 0.2) is 23.1 Å². The maximum Gasteiger partial charge on any atom is 0.0762 e. The summed E-state index contributed by atoms with van der Waals surface area (Å²) in [5.41, 5.74) is 0.867. The molecule has 0 amide bonds. The lowest BCUT2D eigenvalue weighted by atomic mass is 10.1. The zero-order chi connectivity index (χ0) is 12.3. The molecule has 0 bridgehead atoms. The van der Waals surface area contributed by atoms with Crippen molar-refractivity contribution in [2.24, 2.45) is 0 Å². The molecular formula is C13H17ClO2S. The Hall–Kier alpha value is -0.220. The lowest BCUT2D eigenvalue weighted by Crippen LogP contribution is -2.17. The van der Waals surface area contributed by atoms with E-state index in [0.29, 0.717) is 5.25 Å². The third-order valence-electron chi connectivity index (χ3n) is 2.90. The molecule has 1 fully saturated rings. The van der Waals surface area contributed by atoms with Crippen LogP contribution in [0.4, 0.5) is 0 Å².